The van der Waals surface area contributed by atoms with Gasteiger partial charge in [0.15, 0.2) is 15.4 Å². The van der Waals surface area contributed by atoms with Crippen LogP contribution in [0.3, 0.4) is 0 Å². The van der Waals surface area contributed by atoms with Gasteiger partial charge in [0.25, 0.3) is 5.91 Å². The lowest BCUT2D eigenvalue weighted by atomic mass is 10.1. The minimum Gasteiger partial charge on any atom is -0.436 e. The van der Waals surface area contributed by atoms with Crippen LogP contribution in [0, 0.1) is 0 Å². The second-order valence-electron chi connectivity index (χ2n) is 6.42. The van der Waals surface area contributed by atoms with Gasteiger partial charge in [-0.25, -0.2) is 13.4 Å². The Morgan fingerprint density at radius 2 is 1.76 bits per heavy atom. The Bertz CT molecular complexity index is 1280. The van der Waals surface area contributed by atoms with E-state index in [9.17, 15) is 13.2 Å². The van der Waals surface area contributed by atoms with Crippen molar-refractivity contribution >= 4 is 32.5 Å². The van der Waals surface area contributed by atoms with E-state index >= 15 is 0 Å². The molecule has 0 aliphatic carbocycles. The van der Waals surface area contributed by atoms with Gasteiger partial charge in [0.1, 0.15) is 5.52 Å². The van der Waals surface area contributed by atoms with E-state index in [2.05, 4.69) is 10.3 Å². The number of aromatic nitrogens is 1. The van der Waals surface area contributed by atoms with Gasteiger partial charge < -0.3 is 9.73 Å². The van der Waals surface area contributed by atoms with E-state index in [1.807, 2.05) is 30.3 Å². The monoisotopic (exact) mass is 406 g/mol. The van der Waals surface area contributed by atoms with E-state index in [0.717, 1.165) is 5.52 Å². The summed E-state index contributed by atoms with van der Waals surface area (Å²) >= 11 is 0. The van der Waals surface area contributed by atoms with Crippen molar-refractivity contribution < 1.29 is 17.6 Å². The van der Waals surface area contributed by atoms with Crippen molar-refractivity contribution in [1.29, 1.82) is 0 Å². The Balaban J connectivity index is 1.65. The summed E-state index contributed by atoms with van der Waals surface area (Å²) in [6.45, 7) is 1.55. The molecule has 1 amide bonds. The maximum atomic E-state index is 12.8. The van der Waals surface area contributed by atoms with Crippen LogP contribution in [0.1, 0.15) is 17.3 Å². The number of hydrogen-bond donors (Lipinski definition) is 1. The molecule has 0 aliphatic rings. The Morgan fingerprint density at radius 3 is 2.55 bits per heavy atom. The fourth-order valence-corrected chi connectivity index (χ4v) is 4.10. The molecule has 4 rings (SSSR count). The van der Waals surface area contributed by atoms with Crippen molar-refractivity contribution in [2.45, 2.75) is 11.8 Å². The summed E-state index contributed by atoms with van der Waals surface area (Å²) in [7, 11) is -3.52. The summed E-state index contributed by atoms with van der Waals surface area (Å²) < 4.78 is 30.4. The third-order valence-corrected chi connectivity index (χ3v) is 6.29. The third kappa shape index (κ3) is 3.77. The highest BCUT2D eigenvalue weighted by Crippen LogP contribution is 2.26. The number of hydrogen-bond acceptors (Lipinski definition) is 5. The summed E-state index contributed by atoms with van der Waals surface area (Å²) in [6, 6.07) is 20.7. The lowest BCUT2D eigenvalue weighted by Crippen LogP contribution is -2.17. The van der Waals surface area contributed by atoms with Crippen LogP contribution >= 0.6 is 0 Å². The second kappa shape index (κ2) is 7.52. The summed E-state index contributed by atoms with van der Waals surface area (Å²) in [5.41, 5.74) is 2.75. The summed E-state index contributed by atoms with van der Waals surface area (Å²) in [6.07, 6.45) is 0. The summed E-state index contributed by atoms with van der Waals surface area (Å²) in [5, 5.41) is 2.77. The van der Waals surface area contributed by atoms with Gasteiger partial charge in [-0.05, 0) is 42.5 Å². The van der Waals surface area contributed by atoms with Gasteiger partial charge in [-0.15, -0.1) is 0 Å². The molecule has 0 radical (unpaired) electrons. The molecule has 0 spiro atoms. The lowest BCUT2D eigenvalue weighted by Gasteiger charge is -2.10. The minimum atomic E-state index is -3.52. The van der Waals surface area contributed by atoms with Crippen LogP contribution in [-0.2, 0) is 9.84 Å². The van der Waals surface area contributed by atoms with Gasteiger partial charge >= 0.3 is 0 Å². The molecule has 0 bridgehead atoms. The molecule has 1 heterocycles. The van der Waals surface area contributed by atoms with E-state index in [0.29, 0.717) is 22.7 Å². The molecule has 1 N–H and O–H groups in total. The van der Waals surface area contributed by atoms with Crippen molar-refractivity contribution in [1.82, 2.24) is 4.98 Å². The number of fused-ring (bicyclic) bond motifs is 1. The minimum absolute atomic E-state index is 0.0232. The zero-order chi connectivity index (χ0) is 20.4. The fraction of sp³-hybridized carbons (Fsp3) is 0.0909. The Hall–Kier alpha value is -3.45. The van der Waals surface area contributed by atoms with Crippen molar-refractivity contribution in [2.24, 2.45) is 0 Å². The maximum Gasteiger partial charge on any atom is 0.256 e. The second-order valence-corrected chi connectivity index (χ2v) is 8.67. The van der Waals surface area contributed by atoms with Gasteiger partial charge in [0.2, 0.25) is 5.89 Å². The van der Waals surface area contributed by atoms with Gasteiger partial charge in [0.05, 0.1) is 16.2 Å². The van der Waals surface area contributed by atoms with Crippen LogP contribution in [0.2, 0.25) is 0 Å². The molecule has 7 heteroatoms. The molecule has 0 aliphatic heterocycles. The van der Waals surface area contributed by atoms with Crippen LogP contribution in [0.25, 0.3) is 22.6 Å². The van der Waals surface area contributed by atoms with Gasteiger partial charge in [0, 0.05) is 11.3 Å². The summed E-state index contributed by atoms with van der Waals surface area (Å²) in [4.78, 5) is 17.3. The number of benzene rings is 3. The van der Waals surface area contributed by atoms with Crippen LogP contribution in [0.4, 0.5) is 5.69 Å². The molecule has 146 valence electrons. The molecule has 0 unspecified atom stereocenters. The smallest absolute Gasteiger partial charge is 0.256 e. The van der Waals surface area contributed by atoms with Crippen LogP contribution in [0.5, 0.6) is 0 Å². The highest BCUT2D eigenvalue weighted by atomic mass is 32.2. The first-order chi connectivity index (χ1) is 14.0. The van der Waals surface area contributed by atoms with E-state index < -0.39 is 15.7 Å². The molecule has 1 aromatic heterocycles. The molecule has 0 saturated carbocycles. The molecule has 0 atom stereocenters. The van der Waals surface area contributed by atoms with Crippen molar-refractivity contribution in [3.05, 3.63) is 78.4 Å². The van der Waals surface area contributed by atoms with Gasteiger partial charge in [-0.3, -0.25) is 4.79 Å². The number of carbonyl (C=O) groups excluding carboxylic acids is 1. The molecular formula is C22H18N2O4S. The summed E-state index contributed by atoms with van der Waals surface area (Å²) in [5.74, 6) is -0.131. The van der Waals surface area contributed by atoms with Crippen molar-refractivity contribution in [2.75, 3.05) is 11.1 Å². The fourth-order valence-electron chi connectivity index (χ4n) is 3.01. The van der Waals surface area contributed by atoms with Crippen LogP contribution in [-0.4, -0.2) is 25.1 Å². The zero-order valence-corrected chi connectivity index (χ0v) is 16.4. The maximum absolute atomic E-state index is 12.8. The highest BCUT2D eigenvalue weighted by molar-refractivity contribution is 7.91. The molecule has 3 aromatic carbocycles. The lowest BCUT2D eigenvalue weighted by molar-refractivity contribution is 0.102. The number of anilines is 1. The number of amides is 1. The first-order valence-electron chi connectivity index (χ1n) is 9.07. The largest absolute Gasteiger partial charge is 0.436 e. The average Bonchev–Trinajstić information content (AvgIpc) is 3.18. The van der Waals surface area contributed by atoms with E-state index in [-0.39, 0.29) is 16.2 Å². The van der Waals surface area contributed by atoms with Crippen molar-refractivity contribution in [3.8, 4) is 11.5 Å². The molecular weight excluding hydrogens is 388 g/mol. The first-order valence-corrected chi connectivity index (χ1v) is 10.7. The number of sulfone groups is 1. The predicted octanol–water partition coefficient (Wildman–Crippen LogP) is 4.54. The number of nitrogens with zero attached hydrogens (tertiary/aromatic N) is 1. The van der Waals surface area contributed by atoms with Gasteiger partial charge in [-0.1, -0.05) is 37.3 Å². The number of carbonyl (C=O) groups is 1. The van der Waals surface area contributed by atoms with E-state index in [1.54, 1.807) is 37.3 Å². The Labute approximate surface area is 168 Å². The normalized spacial score (nSPS) is 11.5. The standard InChI is InChI=1S/C22H18N2O4S/c1-2-29(26,27)20-13-6-3-10-17(20)21(25)23-16-9-7-8-15(14-16)22-24-18-11-4-5-12-19(18)28-22/h3-14H,2H2,1H3,(H,23,25). The number of rotatable bonds is 5. The average molecular weight is 406 g/mol. The molecule has 4 aromatic rings. The molecule has 0 saturated heterocycles. The predicted molar refractivity (Wildman–Crippen MR) is 112 cm³/mol. The number of para-hydroxylation sites is 2. The number of nitrogens with one attached hydrogen (secondary N) is 1. The van der Waals surface area contributed by atoms with Crippen LogP contribution in [0.15, 0.2) is 82.1 Å². The SMILES string of the molecule is CCS(=O)(=O)c1ccccc1C(=O)Nc1cccc(-c2nc3ccccc3o2)c1. The Kier molecular flexibility index (Phi) is 4.90. The highest BCUT2D eigenvalue weighted by Gasteiger charge is 2.20. The van der Waals surface area contributed by atoms with Gasteiger partial charge in [-0.2, -0.15) is 0 Å². The molecule has 29 heavy (non-hydrogen) atoms. The van der Waals surface area contributed by atoms with E-state index in [4.69, 9.17) is 4.42 Å². The first kappa shape index (κ1) is 18.9. The van der Waals surface area contributed by atoms with Crippen molar-refractivity contribution in [3.63, 3.8) is 0 Å². The third-order valence-electron chi connectivity index (χ3n) is 4.51. The zero-order valence-electron chi connectivity index (χ0n) is 15.6. The van der Waals surface area contributed by atoms with Crippen LogP contribution < -0.4 is 5.32 Å². The van der Waals surface area contributed by atoms with E-state index in [1.165, 1.54) is 12.1 Å². The quantitative estimate of drug-likeness (QED) is 0.525. The topological polar surface area (TPSA) is 89.3 Å². The number of oxazole rings is 1. The molecule has 6 nitrogen and oxygen atoms in total. The Morgan fingerprint density at radius 1 is 1.00 bits per heavy atom. The molecule has 0 fully saturated rings.